The first kappa shape index (κ1) is 18.0. The number of benzene rings is 2. The first-order chi connectivity index (χ1) is 12.0. The Morgan fingerprint density at radius 2 is 1.76 bits per heavy atom. The molecule has 0 saturated heterocycles. The predicted molar refractivity (Wildman–Crippen MR) is 107 cm³/mol. The van der Waals surface area contributed by atoms with E-state index in [1.54, 1.807) is 12.1 Å². The zero-order valence-electron chi connectivity index (χ0n) is 12.7. The fourth-order valence-electron chi connectivity index (χ4n) is 2.08. The molecule has 0 saturated carbocycles. The Balaban J connectivity index is 1.72. The van der Waals surface area contributed by atoms with Gasteiger partial charge in [-0.1, -0.05) is 35.3 Å². The molecule has 0 unspecified atom stereocenters. The third-order valence-corrected chi connectivity index (χ3v) is 5.00. The van der Waals surface area contributed by atoms with Crippen molar-refractivity contribution < 1.29 is 4.79 Å². The summed E-state index contributed by atoms with van der Waals surface area (Å²) in [6, 6.07) is 12.7. The fraction of sp³-hybridized carbons (Fsp3) is 0.0588. The van der Waals surface area contributed by atoms with E-state index in [-0.39, 0.29) is 11.8 Å². The largest absolute Gasteiger partial charge is 0.331 e. The molecule has 25 heavy (non-hydrogen) atoms. The number of amides is 1. The van der Waals surface area contributed by atoms with Gasteiger partial charge in [0.25, 0.3) is 0 Å². The molecule has 0 spiro atoms. The number of carbonyl (C=O) groups is 1. The molecule has 0 atom stereocenters. The summed E-state index contributed by atoms with van der Waals surface area (Å²) in [6.07, 6.45) is 0. The second-order valence-corrected chi connectivity index (χ2v) is 6.99. The number of hydrogen-bond acceptors (Lipinski definition) is 4. The van der Waals surface area contributed by atoms with Gasteiger partial charge in [-0.05, 0) is 30.3 Å². The van der Waals surface area contributed by atoms with Crippen LogP contribution in [0, 0.1) is 0 Å². The second-order valence-electron chi connectivity index (χ2n) is 5.05. The number of hydrogen-bond donors (Lipinski definition) is 2. The molecule has 0 radical (unpaired) electrons. The van der Waals surface area contributed by atoms with Crippen LogP contribution in [0.3, 0.4) is 0 Å². The number of nitrogens with zero attached hydrogens (tertiary/aromatic N) is 1. The van der Waals surface area contributed by atoms with Gasteiger partial charge in [-0.3, -0.25) is 4.79 Å². The number of thiazole rings is 1. The highest BCUT2D eigenvalue weighted by molar-refractivity contribution is 7.14. The number of carbonyl (C=O) groups excluding carboxylic acids is 1. The predicted octanol–water partition coefficient (Wildman–Crippen LogP) is 6.04. The van der Waals surface area contributed by atoms with Crippen LogP contribution in [-0.2, 0) is 4.79 Å². The van der Waals surface area contributed by atoms with E-state index >= 15 is 0 Å². The number of halogens is 3. The molecule has 0 aliphatic rings. The van der Waals surface area contributed by atoms with Crippen LogP contribution in [0.1, 0.15) is 0 Å². The normalized spacial score (nSPS) is 10.5. The summed E-state index contributed by atoms with van der Waals surface area (Å²) < 4.78 is 0. The molecule has 2 N–H and O–H groups in total. The summed E-state index contributed by atoms with van der Waals surface area (Å²) in [5.41, 5.74) is 3.29. The summed E-state index contributed by atoms with van der Waals surface area (Å²) in [5.74, 6) is -0.311. The van der Waals surface area contributed by atoms with E-state index in [4.69, 9.17) is 34.8 Å². The van der Waals surface area contributed by atoms with Crippen LogP contribution in [0.5, 0.6) is 0 Å². The highest BCUT2D eigenvalue weighted by Gasteiger charge is 2.07. The molecule has 1 heterocycles. The summed E-state index contributed by atoms with van der Waals surface area (Å²) in [5, 5.41) is 9.58. The summed E-state index contributed by atoms with van der Waals surface area (Å²) in [4.78, 5) is 15.8. The van der Waals surface area contributed by atoms with Gasteiger partial charge < -0.3 is 10.6 Å². The lowest BCUT2D eigenvalue weighted by molar-refractivity contribution is -0.113. The van der Waals surface area contributed by atoms with E-state index in [1.165, 1.54) is 11.3 Å². The minimum atomic E-state index is -0.240. The van der Waals surface area contributed by atoms with E-state index < -0.39 is 0 Å². The van der Waals surface area contributed by atoms with Gasteiger partial charge in [0.15, 0.2) is 5.13 Å². The van der Waals surface area contributed by atoms with Crippen molar-refractivity contribution in [2.24, 2.45) is 0 Å². The third-order valence-electron chi connectivity index (χ3n) is 3.26. The zero-order valence-corrected chi connectivity index (χ0v) is 15.8. The van der Waals surface area contributed by atoms with Gasteiger partial charge in [0.1, 0.15) is 5.88 Å². The first-order valence-electron chi connectivity index (χ1n) is 7.19. The average Bonchev–Trinajstić information content (AvgIpc) is 3.07. The molecule has 3 aromatic rings. The molecule has 4 nitrogen and oxygen atoms in total. The topological polar surface area (TPSA) is 54.0 Å². The molecular formula is C17H12Cl3N3OS. The lowest BCUT2D eigenvalue weighted by Gasteiger charge is -2.04. The molecule has 8 heteroatoms. The SMILES string of the molecule is O=C(CCl)Nc1ccc(-c2csc(Nc3ccc(Cl)c(Cl)c3)n2)cc1. The van der Waals surface area contributed by atoms with Gasteiger partial charge >= 0.3 is 0 Å². The molecule has 0 aliphatic carbocycles. The molecule has 0 fully saturated rings. The van der Waals surface area contributed by atoms with Gasteiger partial charge in [0.2, 0.25) is 5.91 Å². The minimum Gasteiger partial charge on any atom is -0.331 e. The maximum atomic E-state index is 11.3. The lowest BCUT2D eigenvalue weighted by atomic mass is 10.1. The average molecular weight is 413 g/mol. The summed E-state index contributed by atoms with van der Waals surface area (Å²) >= 11 is 18.9. The van der Waals surface area contributed by atoms with Crippen LogP contribution in [0.4, 0.5) is 16.5 Å². The van der Waals surface area contributed by atoms with E-state index in [2.05, 4.69) is 15.6 Å². The van der Waals surface area contributed by atoms with Crippen molar-refractivity contribution in [3.05, 3.63) is 57.9 Å². The van der Waals surface area contributed by atoms with E-state index in [0.717, 1.165) is 22.1 Å². The monoisotopic (exact) mass is 411 g/mol. The summed E-state index contributed by atoms with van der Waals surface area (Å²) in [7, 11) is 0. The Bertz CT molecular complexity index is 896. The molecule has 0 aliphatic heterocycles. The van der Waals surface area contributed by atoms with E-state index in [0.29, 0.717) is 15.7 Å². The molecule has 0 bridgehead atoms. The lowest BCUT2D eigenvalue weighted by Crippen LogP contribution is -2.12. The van der Waals surface area contributed by atoms with Crippen molar-refractivity contribution in [2.75, 3.05) is 16.5 Å². The van der Waals surface area contributed by atoms with E-state index in [1.807, 2.05) is 35.7 Å². The molecular weight excluding hydrogens is 401 g/mol. The van der Waals surface area contributed by atoms with Crippen molar-refractivity contribution >= 4 is 68.6 Å². The number of aromatic nitrogens is 1. The van der Waals surface area contributed by atoms with Gasteiger partial charge in [-0.15, -0.1) is 22.9 Å². The number of rotatable bonds is 5. The minimum absolute atomic E-state index is 0.0718. The quantitative estimate of drug-likeness (QED) is 0.502. The van der Waals surface area contributed by atoms with Crippen molar-refractivity contribution in [1.29, 1.82) is 0 Å². The molecule has 2 aromatic carbocycles. The van der Waals surface area contributed by atoms with Gasteiger partial charge in [0, 0.05) is 22.3 Å². The fourth-order valence-corrected chi connectivity index (χ4v) is 3.18. The second kappa shape index (κ2) is 8.06. The maximum Gasteiger partial charge on any atom is 0.239 e. The van der Waals surface area contributed by atoms with E-state index in [9.17, 15) is 4.79 Å². The maximum absolute atomic E-state index is 11.3. The smallest absolute Gasteiger partial charge is 0.239 e. The Morgan fingerprint density at radius 1 is 1.04 bits per heavy atom. The summed E-state index contributed by atoms with van der Waals surface area (Å²) in [6.45, 7) is 0. The van der Waals surface area contributed by atoms with Crippen LogP contribution in [-0.4, -0.2) is 16.8 Å². The molecule has 1 aromatic heterocycles. The van der Waals surface area contributed by atoms with Crippen LogP contribution >= 0.6 is 46.1 Å². The Morgan fingerprint density at radius 3 is 2.44 bits per heavy atom. The van der Waals surface area contributed by atoms with Crippen LogP contribution in [0.2, 0.25) is 10.0 Å². The highest BCUT2D eigenvalue weighted by atomic mass is 35.5. The van der Waals surface area contributed by atoms with Gasteiger partial charge in [0.05, 0.1) is 15.7 Å². The first-order valence-corrected chi connectivity index (χ1v) is 9.36. The third kappa shape index (κ3) is 4.64. The Kier molecular flexibility index (Phi) is 5.81. The molecule has 128 valence electrons. The van der Waals surface area contributed by atoms with Crippen LogP contribution < -0.4 is 10.6 Å². The molecule has 3 rings (SSSR count). The zero-order chi connectivity index (χ0) is 17.8. The van der Waals surface area contributed by atoms with Crippen molar-refractivity contribution in [2.45, 2.75) is 0 Å². The van der Waals surface area contributed by atoms with Crippen molar-refractivity contribution in [3.63, 3.8) is 0 Å². The van der Waals surface area contributed by atoms with Crippen LogP contribution in [0.25, 0.3) is 11.3 Å². The van der Waals surface area contributed by atoms with Crippen molar-refractivity contribution in [3.8, 4) is 11.3 Å². The van der Waals surface area contributed by atoms with Gasteiger partial charge in [-0.2, -0.15) is 0 Å². The Hall–Kier alpha value is -1.79. The van der Waals surface area contributed by atoms with Crippen LogP contribution in [0.15, 0.2) is 47.8 Å². The van der Waals surface area contributed by atoms with Gasteiger partial charge in [-0.25, -0.2) is 4.98 Å². The number of nitrogens with one attached hydrogen (secondary N) is 2. The number of alkyl halides is 1. The molecule has 1 amide bonds. The number of anilines is 3. The standard InChI is InChI=1S/C17H12Cl3N3OS/c18-8-16(24)21-11-3-1-10(2-4-11)15-9-25-17(23-15)22-12-5-6-13(19)14(20)7-12/h1-7,9H,8H2,(H,21,24)(H,22,23). The highest BCUT2D eigenvalue weighted by Crippen LogP contribution is 2.30. The van der Waals surface area contributed by atoms with Crippen molar-refractivity contribution in [1.82, 2.24) is 4.98 Å². The Labute approximate surface area is 163 Å².